The highest BCUT2D eigenvalue weighted by Crippen LogP contribution is 2.36. The van der Waals surface area contributed by atoms with Gasteiger partial charge >= 0.3 is 5.69 Å². The number of aryl methyl sites for hydroxylation is 1. The van der Waals surface area contributed by atoms with Crippen molar-refractivity contribution >= 4 is 21.6 Å². The van der Waals surface area contributed by atoms with Crippen molar-refractivity contribution in [2.24, 2.45) is 0 Å². The zero-order valence-electron chi connectivity index (χ0n) is 17.0. The van der Waals surface area contributed by atoms with Gasteiger partial charge in [-0.05, 0) is 36.8 Å². The summed E-state index contributed by atoms with van der Waals surface area (Å²) in [6.07, 6.45) is 0.953. The van der Waals surface area contributed by atoms with Crippen molar-refractivity contribution in [3.05, 3.63) is 68.0 Å². The lowest BCUT2D eigenvalue weighted by Gasteiger charge is -2.14. The third-order valence-corrected chi connectivity index (χ3v) is 5.98. The van der Waals surface area contributed by atoms with Crippen LogP contribution in [-0.2, 0) is 14.8 Å². The third-order valence-electron chi connectivity index (χ3n) is 4.21. The molecule has 13 heteroatoms. The van der Waals surface area contributed by atoms with Gasteiger partial charge in [0, 0.05) is 19.7 Å². The normalized spacial score (nSPS) is 11.5. The minimum absolute atomic E-state index is 0.0217. The molecule has 0 amide bonds. The zero-order valence-corrected chi connectivity index (χ0v) is 18.5. The molecule has 3 aromatic rings. The highest BCUT2D eigenvalue weighted by Gasteiger charge is 2.20. The lowest BCUT2D eigenvalue weighted by molar-refractivity contribution is 0.204. The van der Waals surface area contributed by atoms with Crippen molar-refractivity contribution in [1.82, 2.24) is 19.5 Å². The summed E-state index contributed by atoms with van der Waals surface area (Å²) in [6.45, 7) is 1.84. The average molecular weight is 483 g/mol. The minimum atomic E-state index is -4.02. The number of aromatic nitrogens is 3. The van der Waals surface area contributed by atoms with Crippen LogP contribution in [0.5, 0.6) is 17.2 Å². The molecule has 1 aromatic heterocycles. The highest BCUT2D eigenvalue weighted by atomic mass is 35.5. The Kier molecular flexibility index (Phi) is 6.99. The van der Waals surface area contributed by atoms with E-state index in [0.29, 0.717) is 5.56 Å². The minimum Gasteiger partial charge on any atom is -0.507 e. The molecule has 3 rings (SSSR count). The second-order valence-electron chi connectivity index (χ2n) is 6.55. The van der Waals surface area contributed by atoms with Gasteiger partial charge in [-0.1, -0.05) is 11.6 Å². The largest absolute Gasteiger partial charge is 0.507 e. The Labute approximate surface area is 187 Å². The molecule has 0 atom stereocenters. The molecule has 11 nitrogen and oxygen atoms in total. The second-order valence-corrected chi connectivity index (χ2v) is 8.69. The average Bonchev–Trinajstić information content (AvgIpc) is 2.71. The Morgan fingerprint density at radius 2 is 2.00 bits per heavy atom. The van der Waals surface area contributed by atoms with Gasteiger partial charge in [0.1, 0.15) is 28.3 Å². The number of benzene rings is 2. The summed E-state index contributed by atoms with van der Waals surface area (Å²) < 4.78 is 38.8. The molecule has 0 aliphatic carbocycles. The van der Waals surface area contributed by atoms with Gasteiger partial charge in [0.2, 0.25) is 10.0 Å². The molecule has 1 heterocycles. The number of ether oxygens (including phenoxy) is 2. The molecular weight excluding hydrogens is 464 g/mol. The molecule has 32 heavy (non-hydrogen) atoms. The van der Waals surface area contributed by atoms with Crippen LogP contribution in [-0.4, -0.2) is 48.6 Å². The summed E-state index contributed by atoms with van der Waals surface area (Å²) in [7, 11) is -2.59. The highest BCUT2D eigenvalue weighted by molar-refractivity contribution is 7.89. The van der Waals surface area contributed by atoms with Crippen LogP contribution >= 0.6 is 11.6 Å². The van der Waals surface area contributed by atoms with Crippen LogP contribution in [0.2, 0.25) is 5.02 Å². The maximum atomic E-state index is 12.5. The van der Waals surface area contributed by atoms with Crippen molar-refractivity contribution in [2.45, 2.75) is 11.8 Å². The Hall–Kier alpha value is -3.19. The summed E-state index contributed by atoms with van der Waals surface area (Å²) in [5, 5.41) is 13.9. The molecule has 0 spiro atoms. The standard InChI is InChI=1S/C19H19ClN4O7S/c1-11-7-12(24-19(27)23-17(26)10-21-24)8-14(20)18(11)31-13-3-4-15(25)16(9-13)32(28,29)22-5-6-30-2/h3-4,7-10,22,25H,5-6H2,1-2H3,(H,23,26,27). The number of phenolic OH excluding ortho intramolecular Hbond substituents is 1. The summed E-state index contributed by atoms with van der Waals surface area (Å²) in [5.74, 6) is -0.148. The van der Waals surface area contributed by atoms with E-state index in [2.05, 4.69) is 14.8 Å². The van der Waals surface area contributed by atoms with Gasteiger partial charge in [-0.15, -0.1) is 0 Å². The first-order valence-corrected chi connectivity index (χ1v) is 11.0. The van der Waals surface area contributed by atoms with E-state index in [9.17, 15) is 23.1 Å². The lowest BCUT2D eigenvalue weighted by atomic mass is 10.2. The fourth-order valence-electron chi connectivity index (χ4n) is 2.75. The molecular formula is C19H19ClN4O7S. The Morgan fingerprint density at radius 1 is 1.25 bits per heavy atom. The number of nitrogens with one attached hydrogen (secondary N) is 2. The fraction of sp³-hybridized carbons (Fsp3) is 0.211. The van der Waals surface area contributed by atoms with Crippen molar-refractivity contribution in [3.63, 3.8) is 0 Å². The molecule has 170 valence electrons. The van der Waals surface area contributed by atoms with Gasteiger partial charge in [0.25, 0.3) is 5.56 Å². The zero-order chi connectivity index (χ0) is 23.5. The molecule has 0 radical (unpaired) electrons. The van der Waals surface area contributed by atoms with Crippen LogP contribution in [0, 0.1) is 6.92 Å². The topological polar surface area (TPSA) is 153 Å². The van der Waals surface area contributed by atoms with Gasteiger partial charge in [0.05, 0.1) is 17.3 Å². The first kappa shape index (κ1) is 23.5. The van der Waals surface area contributed by atoms with E-state index in [1.165, 1.54) is 25.3 Å². The molecule has 0 aliphatic heterocycles. The van der Waals surface area contributed by atoms with Crippen LogP contribution in [0.25, 0.3) is 5.69 Å². The Morgan fingerprint density at radius 3 is 2.66 bits per heavy atom. The summed E-state index contributed by atoms with van der Waals surface area (Å²) in [6, 6.07) is 6.67. The molecule has 0 fully saturated rings. The predicted molar refractivity (Wildman–Crippen MR) is 115 cm³/mol. The van der Waals surface area contributed by atoms with Crippen LogP contribution in [0.3, 0.4) is 0 Å². The van der Waals surface area contributed by atoms with Crippen LogP contribution < -0.4 is 20.7 Å². The monoisotopic (exact) mass is 482 g/mol. The van der Waals surface area contributed by atoms with Crippen molar-refractivity contribution in [2.75, 3.05) is 20.3 Å². The number of aromatic amines is 1. The number of phenols is 1. The smallest absolute Gasteiger partial charge is 0.349 e. The Bertz CT molecular complexity index is 1350. The third kappa shape index (κ3) is 5.16. The second kappa shape index (κ2) is 9.53. The molecule has 2 aromatic carbocycles. The van der Waals surface area contributed by atoms with Gasteiger partial charge in [-0.3, -0.25) is 9.78 Å². The maximum absolute atomic E-state index is 12.5. The summed E-state index contributed by atoms with van der Waals surface area (Å²) in [4.78, 5) is 24.9. The number of halogens is 1. The van der Waals surface area contributed by atoms with E-state index >= 15 is 0 Å². The number of nitrogens with zero attached hydrogens (tertiary/aromatic N) is 2. The number of hydrogen-bond acceptors (Lipinski definition) is 8. The predicted octanol–water partition coefficient (Wildman–Crippen LogP) is 1.31. The molecule has 0 unspecified atom stereocenters. The SMILES string of the molecule is COCCNS(=O)(=O)c1cc(Oc2c(C)cc(-n3ncc(=O)[nH]c3=O)cc2Cl)ccc1O. The first-order valence-electron chi connectivity index (χ1n) is 9.11. The van der Waals surface area contributed by atoms with E-state index in [1.54, 1.807) is 13.0 Å². The van der Waals surface area contributed by atoms with E-state index < -0.39 is 27.0 Å². The number of methoxy groups -OCH3 is 1. The quantitative estimate of drug-likeness (QED) is 0.406. The first-order chi connectivity index (χ1) is 15.1. The maximum Gasteiger partial charge on any atom is 0.349 e. The van der Waals surface area contributed by atoms with Crippen molar-refractivity contribution in [1.29, 1.82) is 0 Å². The number of hydrogen-bond donors (Lipinski definition) is 3. The van der Waals surface area contributed by atoms with E-state index in [4.69, 9.17) is 21.1 Å². The number of H-pyrrole nitrogens is 1. The van der Waals surface area contributed by atoms with E-state index in [1.807, 2.05) is 0 Å². The number of rotatable bonds is 8. The van der Waals surface area contributed by atoms with Crippen LogP contribution in [0.15, 0.2) is 51.0 Å². The Balaban J connectivity index is 1.94. The van der Waals surface area contributed by atoms with Crippen LogP contribution in [0.1, 0.15) is 5.56 Å². The fourth-order valence-corrected chi connectivity index (χ4v) is 4.17. The summed E-state index contributed by atoms with van der Waals surface area (Å²) >= 11 is 6.33. The lowest BCUT2D eigenvalue weighted by Crippen LogP contribution is -2.30. The van der Waals surface area contributed by atoms with E-state index in [0.717, 1.165) is 16.9 Å². The van der Waals surface area contributed by atoms with Gasteiger partial charge < -0.3 is 14.6 Å². The number of aromatic hydroxyl groups is 1. The molecule has 3 N–H and O–H groups in total. The van der Waals surface area contributed by atoms with Crippen molar-refractivity contribution in [3.8, 4) is 22.9 Å². The van der Waals surface area contributed by atoms with Gasteiger partial charge in [-0.25, -0.2) is 17.9 Å². The van der Waals surface area contributed by atoms with Crippen LogP contribution in [0.4, 0.5) is 0 Å². The van der Waals surface area contributed by atoms with Gasteiger partial charge in [0.15, 0.2) is 0 Å². The molecule has 0 bridgehead atoms. The molecule has 0 aliphatic rings. The molecule has 0 saturated carbocycles. The number of sulfonamides is 1. The summed E-state index contributed by atoms with van der Waals surface area (Å²) in [5.41, 5.74) is -0.583. The van der Waals surface area contributed by atoms with Gasteiger partial charge in [-0.2, -0.15) is 9.78 Å². The van der Waals surface area contributed by atoms with Crippen molar-refractivity contribution < 1.29 is 23.0 Å². The molecule has 0 saturated heterocycles. The van der Waals surface area contributed by atoms with E-state index in [-0.39, 0.29) is 40.3 Å².